The van der Waals surface area contributed by atoms with Crippen molar-refractivity contribution in [2.45, 2.75) is 37.0 Å². The molecule has 1 atom stereocenters. The lowest BCUT2D eigenvalue weighted by molar-refractivity contribution is -0.130. The zero-order valence-electron chi connectivity index (χ0n) is 16.2. The number of nitrogens with zero attached hydrogens (tertiary/aromatic N) is 3. The number of hydrogen-bond acceptors (Lipinski definition) is 5. The maximum absolute atomic E-state index is 12.7. The van der Waals surface area contributed by atoms with E-state index in [0.717, 1.165) is 31.4 Å². The molecule has 8 heteroatoms. The molecule has 0 aliphatic carbocycles. The van der Waals surface area contributed by atoms with Crippen molar-refractivity contribution in [1.82, 2.24) is 14.2 Å². The average molecular weight is 422 g/mol. The Hall–Kier alpha value is -1.77. The van der Waals surface area contributed by atoms with Crippen LogP contribution in [0.25, 0.3) is 0 Å². The van der Waals surface area contributed by atoms with Gasteiger partial charge in [0.05, 0.1) is 4.90 Å². The highest BCUT2D eigenvalue weighted by atomic mass is 32.2. The van der Waals surface area contributed by atoms with Crippen molar-refractivity contribution in [1.29, 1.82) is 0 Å². The molecule has 1 unspecified atom stereocenters. The summed E-state index contributed by atoms with van der Waals surface area (Å²) in [6.45, 7) is 1.70. The van der Waals surface area contributed by atoms with Crippen LogP contribution in [0.2, 0.25) is 0 Å². The number of piperidine rings is 1. The van der Waals surface area contributed by atoms with Crippen LogP contribution in [-0.2, 0) is 21.2 Å². The minimum absolute atomic E-state index is 0.105. The summed E-state index contributed by atoms with van der Waals surface area (Å²) >= 11 is 1.39. The average Bonchev–Trinajstić information content (AvgIpc) is 3.27. The van der Waals surface area contributed by atoms with E-state index < -0.39 is 10.0 Å². The molecule has 1 aliphatic rings. The van der Waals surface area contributed by atoms with E-state index in [0.29, 0.717) is 31.0 Å². The summed E-state index contributed by atoms with van der Waals surface area (Å²) in [5, 5.41) is 3.47. The Morgan fingerprint density at radius 3 is 2.93 bits per heavy atom. The third-order valence-corrected chi connectivity index (χ3v) is 7.93. The molecule has 1 amide bonds. The second-order valence-electron chi connectivity index (χ2n) is 7.26. The van der Waals surface area contributed by atoms with Crippen LogP contribution in [0.1, 0.15) is 31.4 Å². The fraction of sp³-hybridized carbons (Fsp3) is 0.500. The lowest BCUT2D eigenvalue weighted by Gasteiger charge is -2.32. The van der Waals surface area contributed by atoms with Crippen LogP contribution in [0.15, 0.2) is 46.1 Å². The molecule has 152 valence electrons. The molecule has 0 spiro atoms. The third kappa shape index (κ3) is 5.40. The summed E-state index contributed by atoms with van der Waals surface area (Å²) < 4.78 is 27.0. The SMILES string of the molecule is CN(CCc1ccccn1)C(=O)CCC1CCCN(S(=O)(=O)c2ccsc2)C1. The zero-order chi connectivity index (χ0) is 20.0. The third-order valence-electron chi connectivity index (χ3n) is 5.24. The van der Waals surface area contributed by atoms with Crippen LogP contribution in [0.4, 0.5) is 0 Å². The van der Waals surface area contributed by atoms with Gasteiger partial charge in [-0.1, -0.05) is 6.07 Å². The molecule has 28 heavy (non-hydrogen) atoms. The monoisotopic (exact) mass is 421 g/mol. The molecule has 1 saturated heterocycles. The molecule has 6 nitrogen and oxygen atoms in total. The molecule has 0 bridgehead atoms. The maximum Gasteiger partial charge on any atom is 0.243 e. The summed E-state index contributed by atoms with van der Waals surface area (Å²) in [5.41, 5.74) is 0.976. The van der Waals surface area contributed by atoms with E-state index in [1.165, 1.54) is 11.3 Å². The van der Waals surface area contributed by atoms with Crippen molar-refractivity contribution < 1.29 is 13.2 Å². The van der Waals surface area contributed by atoms with Gasteiger partial charge in [-0.3, -0.25) is 9.78 Å². The topological polar surface area (TPSA) is 70.6 Å². The van der Waals surface area contributed by atoms with E-state index in [1.807, 2.05) is 25.2 Å². The Labute approximate surface area is 171 Å². The number of sulfonamides is 1. The van der Waals surface area contributed by atoms with E-state index in [9.17, 15) is 13.2 Å². The van der Waals surface area contributed by atoms with Crippen molar-refractivity contribution in [3.05, 3.63) is 46.9 Å². The largest absolute Gasteiger partial charge is 0.345 e. The second kappa shape index (κ2) is 9.62. The summed E-state index contributed by atoms with van der Waals surface area (Å²) in [7, 11) is -1.59. The highest BCUT2D eigenvalue weighted by molar-refractivity contribution is 7.89. The molecular formula is C20H27N3O3S2. The number of carbonyl (C=O) groups is 1. The van der Waals surface area contributed by atoms with Crippen molar-refractivity contribution in [3.63, 3.8) is 0 Å². The number of carbonyl (C=O) groups excluding carboxylic acids is 1. The van der Waals surface area contributed by atoms with Crippen LogP contribution < -0.4 is 0 Å². The Balaban J connectivity index is 1.46. The summed E-state index contributed by atoms with van der Waals surface area (Å²) in [6.07, 6.45) is 5.49. The number of aromatic nitrogens is 1. The fourth-order valence-electron chi connectivity index (χ4n) is 3.50. The van der Waals surface area contributed by atoms with E-state index >= 15 is 0 Å². The van der Waals surface area contributed by atoms with E-state index in [2.05, 4.69) is 4.98 Å². The maximum atomic E-state index is 12.7. The predicted molar refractivity (Wildman–Crippen MR) is 111 cm³/mol. The molecule has 3 rings (SSSR count). The first kappa shape index (κ1) is 21.0. The van der Waals surface area contributed by atoms with Crippen LogP contribution in [0.5, 0.6) is 0 Å². The van der Waals surface area contributed by atoms with Gasteiger partial charge in [0.15, 0.2) is 0 Å². The first-order chi connectivity index (χ1) is 13.5. The van der Waals surface area contributed by atoms with Gasteiger partial charge in [0.2, 0.25) is 15.9 Å². The van der Waals surface area contributed by atoms with Crippen LogP contribution in [0, 0.1) is 5.92 Å². The van der Waals surface area contributed by atoms with Gasteiger partial charge in [0.25, 0.3) is 0 Å². The second-order valence-corrected chi connectivity index (χ2v) is 9.97. The molecule has 3 heterocycles. The van der Waals surface area contributed by atoms with E-state index in [4.69, 9.17) is 0 Å². The molecule has 1 aliphatic heterocycles. The predicted octanol–water partition coefficient (Wildman–Crippen LogP) is 3.03. The molecule has 0 radical (unpaired) electrons. The van der Waals surface area contributed by atoms with Crippen LogP contribution >= 0.6 is 11.3 Å². The lowest BCUT2D eigenvalue weighted by Crippen LogP contribution is -2.40. The number of rotatable bonds is 8. The molecule has 0 N–H and O–H groups in total. The molecule has 2 aromatic heterocycles. The smallest absolute Gasteiger partial charge is 0.243 e. The van der Waals surface area contributed by atoms with E-state index in [1.54, 1.807) is 32.2 Å². The standard InChI is InChI=1S/C20H27N3O3S2/c1-22(13-9-18-6-2-3-11-21-18)20(24)8-7-17-5-4-12-23(15-17)28(25,26)19-10-14-27-16-19/h2-3,6,10-11,14,16-17H,4-5,7-9,12-13,15H2,1H3. The molecular weight excluding hydrogens is 394 g/mol. The Bertz CT molecular complexity index is 854. The summed E-state index contributed by atoms with van der Waals surface area (Å²) in [4.78, 5) is 18.9. The number of thiophene rings is 1. The first-order valence-electron chi connectivity index (χ1n) is 9.63. The van der Waals surface area contributed by atoms with Gasteiger partial charge in [-0.15, -0.1) is 0 Å². The minimum Gasteiger partial charge on any atom is -0.345 e. The number of amides is 1. The Kier molecular flexibility index (Phi) is 7.20. The minimum atomic E-state index is -3.40. The quantitative estimate of drug-likeness (QED) is 0.657. The zero-order valence-corrected chi connectivity index (χ0v) is 17.8. The van der Waals surface area contributed by atoms with Gasteiger partial charge in [0.1, 0.15) is 0 Å². The van der Waals surface area contributed by atoms with E-state index in [-0.39, 0.29) is 11.8 Å². The Morgan fingerprint density at radius 1 is 1.36 bits per heavy atom. The van der Waals surface area contributed by atoms with Crippen molar-refractivity contribution in [2.75, 3.05) is 26.7 Å². The van der Waals surface area contributed by atoms with Crippen LogP contribution in [0.3, 0.4) is 0 Å². The number of hydrogen-bond donors (Lipinski definition) is 0. The van der Waals surface area contributed by atoms with Crippen molar-refractivity contribution >= 4 is 27.3 Å². The van der Waals surface area contributed by atoms with Crippen LogP contribution in [-0.4, -0.2) is 55.2 Å². The summed E-state index contributed by atoms with van der Waals surface area (Å²) in [6, 6.07) is 7.44. The van der Waals surface area contributed by atoms with Crippen molar-refractivity contribution in [2.24, 2.45) is 5.92 Å². The fourth-order valence-corrected chi connectivity index (χ4v) is 6.07. The number of pyridine rings is 1. The highest BCUT2D eigenvalue weighted by Crippen LogP contribution is 2.27. The number of likely N-dealkylation sites (N-methyl/N-ethyl adjacent to an activating group) is 1. The summed E-state index contributed by atoms with van der Waals surface area (Å²) in [5.74, 6) is 0.337. The first-order valence-corrected chi connectivity index (χ1v) is 12.0. The lowest BCUT2D eigenvalue weighted by atomic mass is 9.94. The Morgan fingerprint density at radius 2 is 2.21 bits per heavy atom. The van der Waals surface area contributed by atoms with Crippen molar-refractivity contribution in [3.8, 4) is 0 Å². The normalized spacial score (nSPS) is 18.1. The molecule has 0 aromatic carbocycles. The van der Waals surface area contributed by atoms with Gasteiger partial charge in [-0.05, 0) is 48.8 Å². The van der Waals surface area contributed by atoms with Gasteiger partial charge in [0, 0.05) is 56.8 Å². The highest BCUT2D eigenvalue weighted by Gasteiger charge is 2.30. The van der Waals surface area contributed by atoms with Gasteiger partial charge in [-0.25, -0.2) is 8.42 Å². The molecule has 0 saturated carbocycles. The van der Waals surface area contributed by atoms with Gasteiger partial charge < -0.3 is 4.90 Å². The van der Waals surface area contributed by atoms with Gasteiger partial charge >= 0.3 is 0 Å². The molecule has 2 aromatic rings. The van der Waals surface area contributed by atoms with Gasteiger partial charge in [-0.2, -0.15) is 15.6 Å². The molecule has 1 fully saturated rings.